The van der Waals surface area contributed by atoms with E-state index in [9.17, 15) is 4.79 Å². The fourth-order valence-corrected chi connectivity index (χ4v) is 3.08. The van der Waals surface area contributed by atoms with E-state index >= 15 is 0 Å². The summed E-state index contributed by atoms with van der Waals surface area (Å²) in [6.07, 6.45) is 4.21. The number of carbonyl (C=O) groups excluding carboxylic acids is 1. The number of nitrogens with one attached hydrogen (secondary N) is 1. The summed E-state index contributed by atoms with van der Waals surface area (Å²) in [6, 6.07) is 8.68. The SMILES string of the molecule is CC1CCCN1C(=O)C1CCc2ccccc2N1. The van der Waals surface area contributed by atoms with E-state index in [2.05, 4.69) is 30.4 Å². The number of hydrogen-bond donors (Lipinski definition) is 1. The van der Waals surface area contributed by atoms with E-state index in [1.807, 2.05) is 11.0 Å². The number of fused-ring (bicyclic) bond motifs is 1. The molecule has 2 heterocycles. The molecule has 0 aromatic heterocycles. The fourth-order valence-electron chi connectivity index (χ4n) is 3.08. The Morgan fingerprint density at radius 3 is 2.94 bits per heavy atom. The number of nitrogens with zero attached hydrogens (tertiary/aromatic N) is 1. The minimum Gasteiger partial charge on any atom is -0.373 e. The molecular formula is C15H20N2O. The van der Waals surface area contributed by atoms with E-state index in [4.69, 9.17) is 0 Å². The van der Waals surface area contributed by atoms with Crippen molar-refractivity contribution in [2.45, 2.75) is 44.7 Å². The second-order valence-electron chi connectivity index (χ2n) is 5.42. The molecule has 1 amide bonds. The van der Waals surface area contributed by atoms with E-state index in [0.717, 1.165) is 37.9 Å². The number of amides is 1. The topological polar surface area (TPSA) is 32.3 Å². The predicted octanol–water partition coefficient (Wildman–Crippen LogP) is 2.42. The van der Waals surface area contributed by atoms with Gasteiger partial charge in [0, 0.05) is 18.3 Å². The summed E-state index contributed by atoms with van der Waals surface area (Å²) < 4.78 is 0. The van der Waals surface area contributed by atoms with Crippen LogP contribution >= 0.6 is 0 Å². The molecule has 18 heavy (non-hydrogen) atoms. The average Bonchev–Trinajstić information content (AvgIpc) is 2.83. The third-order valence-electron chi connectivity index (χ3n) is 4.18. The Balaban J connectivity index is 1.74. The third-order valence-corrected chi connectivity index (χ3v) is 4.18. The van der Waals surface area contributed by atoms with Crippen LogP contribution in [0, 0.1) is 0 Å². The largest absolute Gasteiger partial charge is 0.373 e. The number of benzene rings is 1. The minimum absolute atomic E-state index is 0.0274. The van der Waals surface area contributed by atoms with Gasteiger partial charge in [-0.3, -0.25) is 4.79 Å². The third kappa shape index (κ3) is 1.98. The summed E-state index contributed by atoms with van der Waals surface area (Å²) in [4.78, 5) is 14.5. The number of anilines is 1. The average molecular weight is 244 g/mol. The van der Waals surface area contributed by atoms with Gasteiger partial charge in [0.2, 0.25) is 5.91 Å². The number of rotatable bonds is 1. The first-order valence-electron chi connectivity index (χ1n) is 6.90. The summed E-state index contributed by atoms with van der Waals surface area (Å²) in [6.45, 7) is 3.08. The van der Waals surface area contributed by atoms with Crippen molar-refractivity contribution < 1.29 is 4.79 Å². The van der Waals surface area contributed by atoms with E-state index in [1.165, 1.54) is 5.56 Å². The van der Waals surface area contributed by atoms with Gasteiger partial charge in [0.15, 0.2) is 0 Å². The quantitative estimate of drug-likeness (QED) is 0.823. The maximum Gasteiger partial charge on any atom is 0.245 e. The Morgan fingerprint density at radius 1 is 1.33 bits per heavy atom. The van der Waals surface area contributed by atoms with Gasteiger partial charge in [0.1, 0.15) is 6.04 Å². The van der Waals surface area contributed by atoms with Crippen molar-refractivity contribution >= 4 is 11.6 Å². The lowest BCUT2D eigenvalue weighted by Crippen LogP contribution is -2.45. The number of likely N-dealkylation sites (tertiary alicyclic amines) is 1. The highest BCUT2D eigenvalue weighted by atomic mass is 16.2. The van der Waals surface area contributed by atoms with Crippen LogP contribution in [0.5, 0.6) is 0 Å². The molecular weight excluding hydrogens is 224 g/mol. The van der Waals surface area contributed by atoms with Crippen molar-refractivity contribution in [2.75, 3.05) is 11.9 Å². The molecule has 0 bridgehead atoms. The molecule has 2 aliphatic rings. The first-order chi connectivity index (χ1) is 8.75. The van der Waals surface area contributed by atoms with Crippen LogP contribution in [0.4, 0.5) is 5.69 Å². The van der Waals surface area contributed by atoms with Gasteiger partial charge in [-0.2, -0.15) is 0 Å². The molecule has 3 nitrogen and oxygen atoms in total. The molecule has 1 aromatic carbocycles. The lowest BCUT2D eigenvalue weighted by molar-refractivity contribution is -0.132. The molecule has 1 fully saturated rings. The summed E-state index contributed by atoms with van der Waals surface area (Å²) in [5.74, 6) is 0.287. The van der Waals surface area contributed by atoms with Crippen molar-refractivity contribution in [2.24, 2.45) is 0 Å². The molecule has 2 atom stereocenters. The number of carbonyl (C=O) groups is 1. The molecule has 96 valence electrons. The van der Waals surface area contributed by atoms with Gasteiger partial charge in [-0.25, -0.2) is 0 Å². The Morgan fingerprint density at radius 2 is 2.17 bits per heavy atom. The van der Waals surface area contributed by atoms with Gasteiger partial charge in [-0.05, 0) is 44.2 Å². The highest BCUT2D eigenvalue weighted by Crippen LogP contribution is 2.27. The van der Waals surface area contributed by atoms with E-state index < -0.39 is 0 Å². The van der Waals surface area contributed by atoms with Gasteiger partial charge in [-0.15, -0.1) is 0 Å². The minimum atomic E-state index is -0.0274. The number of hydrogen-bond acceptors (Lipinski definition) is 2. The Labute approximate surface area is 108 Å². The molecule has 0 spiro atoms. The van der Waals surface area contributed by atoms with Crippen molar-refractivity contribution in [3.05, 3.63) is 29.8 Å². The maximum absolute atomic E-state index is 12.5. The van der Waals surface area contributed by atoms with Gasteiger partial charge in [0.25, 0.3) is 0 Å². The second kappa shape index (κ2) is 4.63. The fraction of sp³-hybridized carbons (Fsp3) is 0.533. The summed E-state index contributed by atoms with van der Waals surface area (Å²) in [5.41, 5.74) is 2.46. The first-order valence-corrected chi connectivity index (χ1v) is 6.90. The predicted molar refractivity (Wildman–Crippen MR) is 72.6 cm³/mol. The Kier molecular flexibility index (Phi) is 2.98. The van der Waals surface area contributed by atoms with Crippen molar-refractivity contribution in [1.82, 2.24) is 4.90 Å². The van der Waals surface area contributed by atoms with Crippen LogP contribution in [0.2, 0.25) is 0 Å². The van der Waals surface area contributed by atoms with Crippen LogP contribution < -0.4 is 5.32 Å². The lowest BCUT2D eigenvalue weighted by Gasteiger charge is -2.31. The van der Waals surface area contributed by atoms with Crippen molar-refractivity contribution in [1.29, 1.82) is 0 Å². The summed E-state index contributed by atoms with van der Waals surface area (Å²) in [7, 11) is 0. The molecule has 1 N–H and O–H groups in total. The van der Waals surface area contributed by atoms with Crippen LogP contribution in [-0.4, -0.2) is 29.4 Å². The molecule has 0 aliphatic carbocycles. The molecule has 2 unspecified atom stereocenters. The van der Waals surface area contributed by atoms with Gasteiger partial charge in [-0.1, -0.05) is 18.2 Å². The maximum atomic E-state index is 12.5. The molecule has 3 rings (SSSR count). The van der Waals surface area contributed by atoms with Crippen LogP contribution in [-0.2, 0) is 11.2 Å². The van der Waals surface area contributed by atoms with Gasteiger partial charge >= 0.3 is 0 Å². The van der Waals surface area contributed by atoms with E-state index in [-0.39, 0.29) is 11.9 Å². The lowest BCUT2D eigenvalue weighted by atomic mass is 9.97. The number of para-hydroxylation sites is 1. The smallest absolute Gasteiger partial charge is 0.245 e. The zero-order valence-corrected chi connectivity index (χ0v) is 10.9. The molecule has 0 radical (unpaired) electrons. The van der Waals surface area contributed by atoms with Crippen molar-refractivity contribution in [3.63, 3.8) is 0 Å². The monoisotopic (exact) mass is 244 g/mol. The van der Waals surface area contributed by atoms with E-state index in [1.54, 1.807) is 0 Å². The molecule has 2 aliphatic heterocycles. The number of aryl methyl sites for hydroxylation is 1. The summed E-state index contributed by atoms with van der Waals surface area (Å²) in [5, 5.41) is 3.40. The van der Waals surface area contributed by atoms with Crippen LogP contribution in [0.25, 0.3) is 0 Å². The van der Waals surface area contributed by atoms with Crippen molar-refractivity contribution in [3.8, 4) is 0 Å². The molecule has 1 aromatic rings. The molecule has 3 heteroatoms. The van der Waals surface area contributed by atoms with Gasteiger partial charge < -0.3 is 10.2 Å². The zero-order chi connectivity index (χ0) is 12.5. The van der Waals surface area contributed by atoms with E-state index in [0.29, 0.717) is 6.04 Å². The molecule has 0 saturated carbocycles. The van der Waals surface area contributed by atoms with Gasteiger partial charge in [0.05, 0.1) is 0 Å². The molecule has 1 saturated heterocycles. The first kappa shape index (κ1) is 11.6. The normalized spacial score (nSPS) is 26.6. The highest BCUT2D eigenvalue weighted by Gasteiger charge is 2.32. The Bertz CT molecular complexity index is 458. The van der Waals surface area contributed by atoms with Crippen LogP contribution in [0.15, 0.2) is 24.3 Å². The Hall–Kier alpha value is -1.51. The second-order valence-corrected chi connectivity index (χ2v) is 5.42. The van der Waals surface area contributed by atoms with Crippen LogP contribution in [0.3, 0.4) is 0 Å². The highest BCUT2D eigenvalue weighted by molar-refractivity contribution is 5.86. The standard InChI is InChI=1S/C15H20N2O/c1-11-5-4-10-17(11)15(18)14-9-8-12-6-2-3-7-13(12)16-14/h2-3,6-7,11,14,16H,4-5,8-10H2,1H3. The van der Waals surface area contributed by atoms with Crippen LogP contribution in [0.1, 0.15) is 31.7 Å². The summed E-state index contributed by atoms with van der Waals surface area (Å²) >= 11 is 0. The zero-order valence-electron chi connectivity index (χ0n) is 10.9.